The number of amides is 1. The van der Waals surface area contributed by atoms with Gasteiger partial charge in [-0.1, -0.05) is 24.3 Å². The van der Waals surface area contributed by atoms with Crippen molar-refractivity contribution in [2.45, 2.75) is 12.0 Å². The summed E-state index contributed by atoms with van der Waals surface area (Å²) >= 11 is 0. The summed E-state index contributed by atoms with van der Waals surface area (Å²) in [5.74, 6) is -1.86. The highest BCUT2D eigenvalue weighted by atomic mass is 16.6. The van der Waals surface area contributed by atoms with Crippen molar-refractivity contribution in [1.82, 2.24) is 0 Å². The molecule has 0 fully saturated rings. The smallest absolute Gasteiger partial charge is 0.332 e. The van der Waals surface area contributed by atoms with Crippen LogP contribution in [-0.4, -0.2) is 32.0 Å². The maximum atomic E-state index is 12.7. The molecule has 0 saturated heterocycles. The number of rotatable bonds is 5. The van der Waals surface area contributed by atoms with Crippen molar-refractivity contribution < 1.29 is 23.9 Å². The molecule has 1 unspecified atom stereocenters. The molecule has 0 saturated carbocycles. The molecule has 23 heavy (non-hydrogen) atoms. The Morgan fingerprint density at radius 1 is 1.26 bits per heavy atom. The van der Waals surface area contributed by atoms with E-state index in [1.54, 1.807) is 31.3 Å². The second kappa shape index (κ2) is 6.48. The summed E-state index contributed by atoms with van der Waals surface area (Å²) in [7, 11) is 2.81. The number of methoxy groups -OCH3 is 1. The number of nitrogens with zero attached hydrogens (tertiary/aromatic N) is 1. The number of hydrogen-bond acceptors (Lipinski definition) is 5. The highest BCUT2D eigenvalue weighted by molar-refractivity contribution is 6.08. The maximum Gasteiger partial charge on any atom is 0.332 e. The van der Waals surface area contributed by atoms with E-state index in [0.717, 1.165) is 12.2 Å². The van der Waals surface area contributed by atoms with Gasteiger partial charge in [0.1, 0.15) is 0 Å². The number of para-hydroxylation sites is 1. The van der Waals surface area contributed by atoms with Crippen molar-refractivity contribution >= 4 is 23.5 Å². The lowest BCUT2D eigenvalue weighted by Crippen LogP contribution is -2.42. The monoisotopic (exact) mass is 315 g/mol. The Morgan fingerprint density at radius 2 is 1.91 bits per heavy atom. The molecule has 0 bridgehead atoms. The van der Waals surface area contributed by atoms with Gasteiger partial charge in [0, 0.05) is 31.2 Å². The van der Waals surface area contributed by atoms with Crippen molar-refractivity contribution in [3.63, 3.8) is 0 Å². The van der Waals surface area contributed by atoms with Crippen LogP contribution < -0.4 is 4.90 Å². The van der Waals surface area contributed by atoms with Crippen LogP contribution in [0.3, 0.4) is 0 Å². The number of carbonyl (C=O) groups is 3. The fraction of sp³-hybridized carbons (Fsp3) is 0.235. The predicted octanol–water partition coefficient (Wildman–Crippen LogP) is 1.71. The highest BCUT2D eigenvalue weighted by Gasteiger charge is 2.52. The Bertz CT molecular complexity index is 694. The van der Waals surface area contributed by atoms with E-state index in [9.17, 15) is 14.4 Å². The molecule has 1 aromatic carbocycles. The van der Waals surface area contributed by atoms with Crippen LogP contribution in [0.25, 0.3) is 0 Å². The molecule has 1 amide bonds. The van der Waals surface area contributed by atoms with Gasteiger partial charge in [0.15, 0.2) is 0 Å². The molecule has 2 rings (SSSR count). The van der Waals surface area contributed by atoms with Gasteiger partial charge >= 0.3 is 11.9 Å². The average molecular weight is 315 g/mol. The molecule has 6 heteroatoms. The van der Waals surface area contributed by atoms with Gasteiger partial charge in [-0.2, -0.15) is 0 Å². The second-order valence-electron chi connectivity index (χ2n) is 4.98. The number of ether oxygens (including phenoxy) is 2. The Balaban J connectivity index is 2.39. The van der Waals surface area contributed by atoms with Crippen LogP contribution in [0.5, 0.6) is 0 Å². The maximum absolute atomic E-state index is 12.7. The van der Waals surface area contributed by atoms with Gasteiger partial charge in [0.05, 0.1) is 12.8 Å². The predicted molar refractivity (Wildman–Crippen MR) is 83.6 cm³/mol. The molecule has 1 aliphatic rings. The fourth-order valence-corrected chi connectivity index (χ4v) is 2.55. The molecule has 1 atom stereocenters. The lowest BCUT2D eigenvalue weighted by molar-refractivity contribution is -0.162. The number of esters is 2. The van der Waals surface area contributed by atoms with Gasteiger partial charge in [-0.05, 0) is 6.07 Å². The van der Waals surface area contributed by atoms with E-state index in [1.807, 2.05) is 0 Å². The summed E-state index contributed by atoms with van der Waals surface area (Å²) in [6.07, 6.45) is 3.53. The third-order valence-electron chi connectivity index (χ3n) is 3.61. The molecule has 6 nitrogen and oxygen atoms in total. The molecular weight excluding hydrogens is 298 g/mol. The minimum atomic E-state index is -1.47. The van der Waals surface area contributed by atoms with Crippen LogP contribution in [0.1, 0.15) is 12.0 Å². The van der Waals surface area contributed by atoms with Crippen LogP contribution in [0, 0.1) is 0 Å². The number of likely N-dealkylation sites (N-methyl/N-ethyl adjacent to an activating group) is 1. The Kier molecular flexibility index (Phi) is 4.64. The SMILES string of the molecule is C=CCC1(OC(=O)/C=C/C(=O)OC)C(=O)N(C)c2ccccc21. The Hall–Kier alpha value is -2.89. The van der Waals surface area contributed by atoms with Crippen LogP contribution in [0.2, 0.25) is 0 Å². The topological polar surface area (TPSA) is 72.9 Å². The zero-order valence-corrected chi connectivity index (χ0v) is 12.9. The first kappa shape index (κ1) is 16.5. The van der Waals surface area contributed by atoms with E-state index in [1.165, 1.54) is 18.1 Å². The van der Waals surface area contributed by atoms with Crippen molar-refractivity contribution in [2.75, 3.05) is 19.1 Å². The van der Waals surface area contributed by atoms with Gasteiger partial charge in [-0.25, -0.2) is 9.59 Å². The van der Waals surface area contributed by atoms with Gasteiger partial charge in [-0.3, -0.25) is 4.79 Å². The molecule has 1 aliphatic heterocycles. The van der Waals surface area contributed by atoms with Gasteiger partial charge < -0.3 is 14.4 Å². The van der Waals surface area contributed by atoms with E-state index in [0.29, 0.717) is 11.3 Å². The summed E-state index contributed by atoms with van der Waals surface area (Å²) in [6.45, 7) is 3.64. The second-order valence-corrected chi connectivity index (χ2v) is 4.98. The third kappa shape index (κ3) is 2.88. The molecular formula is C17H17NO5. The van der Waals surface area contributed by atoms with Crippen molar-refractivity contribution in [1.29, 1.82) is 0 Å². The standard InChI is InChI=1S/C17H17NO5/c1-4-11-17(23-15(20)10-9-14(19)22-3)12-7-5-6-8-13(12)18(2)16(17)21/h4-10H,1,11H2,2-3H3/b10-9+. The first-order chi connectivity index (χ1) is 11.0. The number of hydrogen-bond donors (Lipinski definition) is 0. The first-order valence-corrected chi connectivity index (χ1v) is 6.94. The normalized spacial score (nSPS) is 19.6. The van der Waals surface area contributed by atoms with E-state index in [-0.39, 0.29) is 12.3 Å². The lowest BCUT2D eigenvalue weighted by atomic mass is 9.91. The number of carbonyl (C=O) groups excluding carboxylic acids is 3. The van der Waals surface area contributed by atoms with Crippen molar-refractivity contribution in [3.05, 3.63) is 54.6 Å². The zero-order chi connectivity index (χ0) is 17.0. The first-order valence-electron chi connectivity index (χ1n) is 6.94. The van der Waals surface area contributed by atoms with Crippen LogP contribution in [0.4, 0.5) is 5.69 Å². The highest BCUT2D eigenvalue weighted by Crippen LogP contribution is 2.44. The summed E-state index contributed by atoms with van der Waals surface area (Å²) < 4.78 is 9.86. The Morgan fingerprint density at radius 3 is 2.57 bits per heavy atom. The number of benzene rings is 1. The summed E-state index contributed by atoms with van der Waals surface area (Å²) in [5, 5.41) is 0. The van der Waals surface area contributed by atoms with Crippen molar-refractivity contribution in [3.8, 4) is 0 Å². The minimum Gasteiger partial charge on any atom is -0.466 e. The van der Waals surface area contributed by atoms with E-state index < -0.39 is 17.5 Å². The summed E-state index contributed by atoms with van der Waals surface area (Å²) in [6, 6.07) is 7.07. The molecule has 0 spiro atoms. The molecule has 0 aliphatic carbocycles. The summed E-state index contributed by atoms with van der Waals surface area (Å²) in [5.41, 5.74) is -0.207. The van der Waals surface area contributed by atoms with Gasteiger partial charge in [0.2, 0.25) is 5.60 Å². The largest absolute Gasteiger partial charge is 0.466 e. The van der Waals surface area contributed by atoms with E-state index >= 15 is 0 Å². The number of fused-ring (bicyclic) bond motifs is 1. The molecule has 0 radical (unpaired) electrons. The molecule has 0 N–H and O–H groups in total. The average Bonchev–Trinajstić information content (AvgIpc) is 2.76. The summed E-state index contributed by atoms with van der Waals surface area (Å²) in [4.78, 5) is 37.2. The fourth-order valence-electron chi connectivity index (χ4n) is 2.55. The van der Waals surface area contributed by atoms with Gasteiger partial charge in [0.25, 0.3) is 5.91 Å². The third-order valence-corrected chi connectivity index (χ3v) is 3.61. The van der Waals surface area contributed by atoms with Gasteiger partial charge in [-0.15, -0.1) is 6.58 Å². The lowest BCUT2D eigenvalue weighted by Gasteiger charge is -2.26. The van der Waals surface area contributed by atoms with E-state index in [2.05, 4.69) is 11.3 Å². The zero-order valence-electron chi connectivity index (χ0n) is 12.9. The quantitative estimate of drug-likeness (QED) is 0.470. The van der Waals surface area contributed by atoms with Crippen LogP contribution >= 0.6 is 0 Å². The van der Waals surface area contributed by atoms with Crippen LogP contribution in [0.15, 0.2) is 49.1 Å². The molecule has 0 aromatic heterocycles. The van der Waals surface area contributed by atoms with E-state index in [4.69, 9.17) is 4.74 Å². The Labute approximate surface area is 134 Å². The molecule has 1 aromatic rings. The number of anilines is 1. The van der Waals surface area contributed by atoms with Crippen molar-refractivity contribution in [2.24, 2.45) is 0 Å². The minimum absolute atomic E-state index is 0.130. The van der Waals surface area contributed by atoms with Crippen LogP contribution in [-0.2, 0) is 29.5 Å². The molecule has 1 heterocycles. The molecule has 120 valence electrons.